The maximum atomic E-state index is 11.1. The SMILES string of the molecule is CCCCCCCCCCCCC(CCCC)C(=O)O.OCC(O)CO.OCC(O)CO.OCC(O)CO.OCC(O)CO.OCC(O)CO.OCC(O)CO.OCC(O)CO.OCC(O)CO.OCC(O)CO.OCC(O)CO. The van der Waals surface area contributed by atoms with E-state index in [0.29, 0.717) is 0 Å². The van der Waals surface area contributed by atoms with E-state index >= 15 is 0 Å². The van der Waals surface area contributed by atoms with Gasteiger partial charge in [-0.25, -0.2) is 0 Å². The number of hydrogen-bond donors (Lipinski definition) is 31. The lowest BCUT2D eigenvalue weighted by molar-refractivity contribution is -0.142. The van der Waals surface area contributed by atoms with Gasteiger partial charge in [-0.2, -0.15) is 0 Å². The Bertz CT molecular complexity index is 771. The summed E-state index contributed by atoms with van der Waals surface area (Å²) in [7, 11) is 0. The van der Waals surface area contributed by atoms with Gasteiger partial charge >= 0.3 is 5.97 Å². The molecule has 0 saturated carbocycles. The van der Waals surface area contributed by atoms with Crippen LogP contribution in [0.3, 0.4) is 0 Å². The summed E-state index contributed by atoms with van der Waals surface area (Å²) in [6, 6.07) is 0. The zero-order chi connectivity index (χ0) is 65.0. The van der Waals surface area contributed by atoms with E-state index in [-0.39, 0.29) is 138 Å². The molecular formula is C48H116O32. The van der Waals surface area contributed by atoms with Crippen molar-refractivity contribution in [3.63, 3.8) is 0 Å². The highest BCUT2D eigenvalue weighted by Crippen LogP contribution is 2.18. The molecule has 1 atom stereocenters. The van der Waals surface area contributed by atoms with Gasteiger partial charge in [-0.05, 0) is 12.8 Å². The van der Waals surface area contributed by atoms with Gasteiger partial charge in [0.2, 0.25) is 0 Å². The van der Waals surface area contributed by atoms with E-state index in [4.69, 9.17) is 158 Å². The van der Waals surface area contributed by atoms with Crippen molar-refractivity contribution in [2.24, 2.45) is 5.92 Å². The fourth-order valence-electron chi connectivity index (χ4n) is 3.30. The predicted molar refractivity (Wildman–Crippen MR) is 289 cm³/mol. The summed E-state index contributed by atoms with van der Waals surface area (Å²) in [5, 5.41) is 249. The molecule has 32 nitrogen and oxygen atoms in total. The Labute approximate surface area is 471 Å². The van der Waals surface area contributed by atoms with Gasteiger partial charge in [0, 0.05) is 0 Å². The molecule has 0 aliphatic rings. The van der Waals surface area contributed by atoms with E-state index < -0.39 is 67.0 Å². The molecule has 0 saturated heterocycles. The van der Waals surface area contributed by atoms with E-state index in [1.165, 1.54) is 57.8 Å². The number of aliphatic hydroxyl groups is 30. The minimum atomic E-state index is -0.954. The average Bonchev–Trinajstić information content (AvgIpc) is 3.51. The molecule has 80 heavy (non-hydrogen) atoms. The lowest BCUT2D eigenvalue weighted by Crippen LogP contribution is -2.15. The fraction of sp³-hybridized carbons (Fsp3) is 0.979. The molecule has 0 aliphatic heterocycles. The van der Waals surface area contributed by atoms with Gasteiger partial charge in [0.05, 0.1) is 138 Å². The van der Waals surface area contributed by atoms with Crippen molar-refractivity contribution in [2.75, 3.05) is 132 Å². The average molecular weight is 1210 g/mol. The van der Waals surface area contributed by atoms with Crippen LogP contribution in [0.5, 0.6) is 0 Å². The van der Waals surface area contributed by atoms with Crippen LogP contribution in [0.15, 0.2) is 0 Å². The fourth-order valence-corrected chi connectivity index (χ4v) is 3.30. The number of carboxylic acids is 1. The number of aliphatic hydroxyl groups excluding tert-OH is 30. The minimum Gasteiger partial charge on any atom is -0.481 e. The van der Waals surface area contributed by atoms with Gasteiger partial charge in [0.1, 0.15) is 61.0 Å². The predicted octanol–water partition coefficient (Wildman–Crippen LogP) is -10.5. The third-order valence-electron chi connectivity index (χ3n) is 8.38. The third kappa shape index (κ3) is 127. The molecule has 0 heterocycles. The number of rotatable bonds is 35. The quantitative estimate of drug-likeness (QED) is 0.0262. The molecule has 0 bridgehead atoms. The molecule has 0 aromatic carbocycles. The van der Waals surface area contributed by atoms with Crippen molar-refractivity contribution in [1.82, 2.24) is 0 Å². The summed E-state index contributed by atoms with van der Waals surface area (Å²) in [6.45, 7) is -2.91. The molecular weight excluding hydrogens is 1090 g/mol. The lowest BCUT2D eigenvalue weighted by atomic mass is 9.95. The summed E-state index contributed by atoms with van der Waals surface area (Å²) in [5.74, 6) is -0.682. The second kappa shape index (κ2) is 96.4. The lowest BCUT2D eigenvalue weighted by Gasteiger charge is -2.11. The van der Waals surface area contributed by atoms with Crippen LogP contribution in [0.25, 0.3) is 0 Å². The van der Waals surface area contributed by atoms with E-state index in [9.17, 15) is 4.79 Å². The molecule has 500 valence electrons. The van der Waals surface area contributed by atoms with Crippen molar-refractivity contribution >= 4 is 5.97 Å². The molecule has 31 N–H and O–H groups in total. The van der Waals surface area contributed by atoms with E-state index in [0.717, 1.165) is 32.1 Å². The highest BCUT2D eigenvalue weighted by Gasteiger charge is 2.15. The molecule has 32 heteroatoms. The van der Waals surface area contributed by atoms with Crippen LogP contribution in [0.1, 0.15) is 104 Å². The first-order chi connectivity index (χ1) is 37.8. The Kier molecular flexibility index (Phi) is 124. The number of unbranched alkanes of at least 4 members (excludes halogenated alkanes) is 10. The van der Waals surface area contributed by atoms with Crippen LogP contribution in [-0.2, 0) is 4.79 Å². The van der Waals surface area contributed by atoms with Crippen molar-refractivity contribution in [3.05, 3.63) is 0 Å². The molecule has 0 spiro atoms. The van der Waals surface area contributed by atoms with Crippen molar-refractivity contribution in [2.45, 2.75) is 165 Å². The molecule has 0 aromatic heterocycles. The monoisotopic (exact) mass is 1200 g/mol. The smallest absolute Gasteiger partial charge is 0.306 e. The van der Waals surface area contributed by atoms with Gasteiger partial charge in [-0.1, -0.05) is 90.9 Å². The summed E-state index contributed by atoms with van der Waals surface area (Å²) < 4.78 is 0. The Morgan fingerprint density at radius 1 is 0.225 bits per heavy atom. The standard InChI is InChI=1S/C18H36O2.10C3H8O3/c1-3-5-7-8-9-10-11-12-13-14-16-17(18(19)20)15-6-4-2;10*4-1-3(6)2-5/h17H,3-16H2,1-2H3,(H,19,20);10*3-6H,1-2H2. The van der Waals surface area contributed by atoms with Crippen LogP contribution >= 0.6 is 0 Å². The van der Waals surface area contributed by atoms with E-state index in [1.807, 2.05) is 0 Å². The van der Waals surface area contributed by atoms with Crippen LogP contribution in [-0.4, -0.2) is 357 Å². The largest absolute Gasteiger partial charge is 0.481 e. The molecule has 0 amide bonds. The summed E-state index contributed by atoms with van der Waals surface area (Å²) in [5.41, 5.74) is 0. The molecule has 0 aromatic rings. The minimum absolute atomic E-state index is 0.0935. The Morgan fingerprint density at radius 2 is 0.350 bits per heavy atom. The third-order valence-corrected chi connectivity index (χ3v) is 8.38. The van der Waals surface area contributed by atoms with Crippen molar-refractivity contribution < 1.29 is 163 Å². The van der Waals surface area contributed by atoms with Crippen LogP contribution < -0.4 is 0 Å². The zero-order valence-electron chi connectivity index (χ0n) is 47.2. The Balaban J connectivity index is -0.0000000761. The van der Waals surface area contributed by atoms with Gasteiger partial charge in [-0.3, -0.25) is 4.79 Å². The maximum absolute atomic E-state index is 11.1. The van der Waals surface area contributed by atoms with E-state index in [2.05, 4.69) is 13.8 Å². The summed E-state index contributed by atoms with van der Waals surface area (Å²) in [6.07, 6.45) is 7.53. The first-order valence-corrected chi connectivity index (χ1v) is 26.0. The van der Waals surface area contributed by atoms with Crippen LogP contribution in [0, 0.1) is 5.92 Å². The zero-order valence-corrected chi connectivity index (χ0v) is 47.2. The van der Waals surface area contributed by atoms with Crippen LogP contribution in [0.2, 0.25) is 0 Å². The summed E-state index contributed by atoms with van der Waals surface area (Å²) in [4.78, 5) is 11.1. The van der Waals surface area contributed by atoms with E-state index in [1.54, 1.807) is 0 Å². The number of carbonyl (C=O) groups is 1. The highest BCUT2D eigenvalue weighted by molar-refractivity contribution is 5.69. The van der Waals surface area contributed by atoms with Gasteiger partial charge in [-0.15, -0.1) is 0 Å². The Hall–Kier alpha value is -1.73. The normalized spacial score (nSPS) is 10.6. The second-order valence-electron chi connectivity index (χ2n) is 16.3. The Morgan fingerprint density at radius 3 is 0.463 bits per heavy atom. The number of carboxylic acid groups (broad SMARTS) is 1. The number of hydrogen-bond acceptors (Lipinski definition) is 31. The van der Waals surface area contributed by atoms with Crippen molar-refractivity contribution in [1.29, 1.82) is 0 Å². The highest BCUT2D eigenvalue weighted by atomic mass is 16.4. The van der Waals surface area contributed by atoms with Gasteiger partial charge in [0.15, 0.2) is 0 Å². The first kappa shape index (κ1) is 103. The molecule has 1 unspecified atom stereocenters. The topological polar surface area (TPSA) is 644 Å². The molecule has 0 fully saturated rings. The summed E-state index contributed by atoms with van der Waals surface area (Å²) >= 11 is 0. The van der Waals surface area contributed by atoms with Gasteiger partial charge in [0.25, 0.3) is 0 Å². The first-order valence-electron chi connectivity index (χ1n) is 26.0. The second-order valence-corrected chi connectivity index (χ2v) is 16.3. The molecule has 0 radical (unpaired) electrons. The van der Waals surface area contributed by atoms with Crippen LogP contribution in [0.4, 0.5) is 0 Å². The number of aliphatic carboxylic acids is 1. The molecule has 0 rings (SSSR count). The maximum Gasteiger partial charge on any atom is 0.306 e. The molecule has 0 aliphatic carbocycles. The van der Waals surface area contributed by atoms with Crippen molar-refractivity contribution in [3.8, 4) is 0 Å². The van der Waals surface area contributed by atoms with Gasteiger partial charge < -0.3 is 158 Å².